The highest BCUT2D eigenvalue weighted by Crippen LogP contribution is 2.31. The molecule has 0 bridgehead atoms. The average Bonchev–Trinajstić information content (AvgIpc) is 2.69. The number of para-hydroxylation sites is 1. The molecular weight excluding hydrogens is 324 g/mol. The standard InChI is InChI=1S/C21H20N4O/c26-21(15-16-7-2-1-3-8-16)22-19-12-13-20(24-23-19)25-14-6-10-17-9-4-5-11-18(17)25/h1-5,7-9,11-13H,6,10,14-15H2,(H,22,23,26). The zero-order valence-electron chi connectivity index (χ0n) is 14.4. The first kappa shape index (κ1) is 16.3. The van der Waals surface area contributed by atoms with Gasteiger partial charge in [-0.25, -0.2) is 0 Å². The van der Waals surface area contributed by atoms with E-state index in [4.69, 9.17) is 0 Å². The van der Waals surface area contributed by atoms with Crippen LogP contribution in [0, 0.1) is 0 Å². The van der Waals surface area contributed by atoms with Gasteiger partial charge in [0.2, 0.25) is 5.91 Å². The van der Waals surface area contributed by atoms with Crippen molar-refractivity contribution in [3.8, 4) is 0 Å². The van der Waals surface area contributed by atoms with E-state index in [1.807, 2.05) is 48.5 Å². The first-order valence-corrected chi connectivity index (χ1v) is 8.82. The van der Waals surface area contributed by atoms with E-state index >= 15 is 0 Å². The minimum atomic E-state index is -0.0958. The van der Waals surface area contributed by atoms with Crippen molar-refractivity contribution in [2.45, 2.75) is 19.3 Å². The maximum Gasteiger partial charge on any atom is 0.229 e. The predicted molar refractivity (Wildman–Crippen MR) is 103 cm³/mol. The van der Waals surface area contributed by atoms with Gasteiger partial charge in [0.05, 0.1) is 6.42 Å². The zero-order chi connectivity index (χ0) is 17.8. The number of hydrogen-bond acceptors (Lipinski definition) is 4. The summed E-state index contributed by atoms with van der Waals surface area (Å²) in [4.78, 5) is 14.3. The molecule has 1 aromatic heterocycles. The van der Waals surface area contributed by atoms with Crippen LogP contribution in [-0.2, 0) is 17.6 Å². The molecule has 0 fully saturated rings. The lowest BCUT2D eigenvalue weighted by Gasteiger charge is -2.29. The van der Waals surface area contributed by atoms with Crippen molar-refractivity contribution in [1.82, 2.24) is 10.2 Å². The van der Waals surface area contributed by atoms with Crippen molar-refractivity contribution in [2.24, 2.45) is 0 Å². The number of nitrogens with zero attached hydrogens (tertiary/aromatic N) is 3. The molecule has 1 N–H and O–H groups in total. The number of fused-ring (bicyclic) bond motifs is 1. The molecule has 0 atom stereocenters. The van der Waals surface area contributed by atoms with Gasteiger partial charge < -0.3 is 10.2 Å². The molecule has 1 aliphatic heterocycles. The van der Waals surface area contributed by atoms with Crippen molar-refractivity contribution in [2.75, 3.05) is 16.8 Å². The summed E-state index contributed by atoms with van der Waals surface area (Å²) in [5.41, 5.74) is 3.49. The lowest BCUT2D eigenvalue weighted by molar-refractivity contribution is -0.115. The van der Waals surface area contributed by atoms with E-state index in [1.165, 1.54) is 11.3 Å². The molecule has 0 spiro atoms. The predicted octanol–water partition coefficient (Wildman–Crippen LogP) is 3.74. The molecule has 0 unspecified atom stereocenters. The molecule has 26 heavy (non-hydrogen) atoms. The van der Waals surface area contributed by atoms with Crippen LogP contribution >= 0.6 is 0 Å². The minimum Gasteiger partial charge on any atom is -0.325 e. The Morgan fingerprint density at radius 1 is 0.962 bits per heavy atom. The highest BCUT2D eigenvalue weighted by Gasteiger charge is 2.19. The molecule has 5 heteroatoms. The number of aryl methyl sites for hydroxylation is 1. The molecule has 3 aromatic rings. The quantitative estimate of drug-likeness (QED) is 0.783. The number of hydrogen-bond donors (Lipinski definition) is 1. The molecule has 1 aliphatic rings. The Hall–Kier alpha value is -3.21. The van der Waals surface area contributed by atoms with Gasteiger partial charge in [-0.15, -0.1) is 10.2 Å². The molecule has 0 saturated heterocycles. The number of rotatable bonds is 4. The van der Waals surface area contributed by atoms with Crippen molar-refractivity contribution in [3.63, 3.8) is 0 Å². The van der Waals surface area contributed by atoms with Crippen molar-refractivity contribution >= 4 is 23.2 Å². The fourth-order valence-electron chi connectivity index (χ4n) is 3.28. The Morgan fingerprint density at radius 2 is 1.77 bits per heavy atom. The van der Waals surface area contributed by atoms with Crippen LogP contribution < -0.4 is 10.2 Å². The van der Waals surface area contributed by atoms with Gasteiger partial charge >= 0.3 is 0 Å². The van der Waals surface area contributed by atoms with Gasteiger partial charge in [-0.3, -0.25) is 4.79 Å². The number of nitrogens with one attached hydrogen (secondary N) is 1. The van der Waals surface area contributed by atoms with Crippen LogP contribution in [0.3, 0.4) is 0 Å². The van der Waals surface area contributed by atoms with Gasteiger partial charge in [-0.2, -0.15) is 0 Å². The Bertz CT molecular complexity index is 893. The molecule has 1 amide bonds. The number of carbonyl (C=O) groups excluding carboxylic acids is 1. The monoisotopic (exact) mass is 344 g/mol. The zero-order valence-corrected chi connectivity index (χ0v) is 14.4. The largest absolute Gasteiger partial charge is 0.325 e. The second-order valence-corrected chi connectivity index (χ2v) is 6.37. The van der Waals surface area contributed by atoms with E-state index in [-0.39, 0.29) is 5.91 Å². The minimum absolute atomic E-state index is 0.0958. The lowest BCUT2D eigenvalue weighted by atomic mass is 10.0. The van der Waals surface area contributed by atoms with Crippen LogP contribution in [0.25, 0.3) is 0 Å². The SMILES string of the molecule is O=C(Cc1ccccc1)Nc1ccc(N2CCCc3ccccc32)nn1. The first-order chi connectivity index (χ1) is 12.8. The summed E-state index contributed by atoms with van der Waals surface area (Å²) in [6.45, 7) is 0.922. The fraction of sp³-hybridized carbons (Fsp3) is 0.190. The Morgan fingerprint density at radius 3 is 2.58 bits per heavy atom. The van der Waals surface area contributed by atoms with E-state index in [0.717, 1.165) is 30.8 Å². The summed E-state index contributed by atoms with van der Waals surface area (Å²) in [5.74, 6) is 1.18. The third kappa shape index (κ3) is 3.57. The summed E-state index contributed by atoms with van der Waals surface area (Å²) < 4.78 is 0. The number of anilines is 3. The normalized spacial score (nSPS) is 13.2. The first-order valence-electron chi connectivity index (χ1n) is 8.82. The Labute approximate surface area is 152 Å². The van der Waals surface area contributed by atoms with Gasteiger partial charge in [-0.05, 0) is 42.2 Å². The molecule has 2 heterocycles. The summed E-state index contributed by atoms with van der Waals surface area (Å²) in [5, 5.41) is 11.3. The summed E-state index contributed by atoms with van der Waals surface area (Å²) >= 11 is 0. The molecule has 5 nitrogen and oxygen atoms in total. The van der Waals surface area contributed by atoms with Crippen LogP contribution in [0.2, 0.25) is 0 Å². The average molecular weight is 344 g/mol. The third-order valence-corrected chi connectivity index (χ3v) is 4.51. The molecule has 130 valence electrons. The van der Waals surface area contributed by atoms with E-state index in [0.29, 0.717) is 12.2 Å². The van der Waals surface area contributed by atoms with Crippen molar-refractivity contribution in [3.05, 3.63) is 77.9 Å². The Kier molecular flexibility index (Phi) is 4.60. The van der Waals surface area contributed by atoms with Crippen LogP contribution in [0.4, 0.5) is 17.3 Å². The Balaban J connectivity index is 1.45. The van der Waals surface area contributed by atoms with Crippen LogP contribution in [0.1, 0.15) is 17.5 Å². The van der Waals surface area contributed by atoms with Crippen LogP contribution in [-0.4, -0.2) is 22.6 Å². The maximum atomic E-state index is 12.1. The fourth-order valence-corrected chi connectivity index (χ4v) is 3.28. The van der Waals surface area contributed by atoms with Gasteiger partial charge in [0.1, 0.15) is 0 Å². The van der Waals surface area contributed by atoms with Crippen LogP contribution in [0.15, 0.2) is 66.7 Å². The summed E-state index contributed by atoms with van der Waals surface area (Å²) in [6.07, 6.45) is 2.51. The van der Waals surface area contributed by atoms with E-state index < -0.39 is 0 Å². The molecule has 0 saturated carbocycles. The number of benzene rings is 2. The highest BCUT2D eigenvalue weighted by molar-refractivity contribution is 5.91. The second-order valence-electron chi connectivity index (χ2n) is 6.37. The number of aromatic nitrogens is 2. The summed E-state index contributed by atoms with van der Waals surface area (Å²) in [7, 11) is 0. The number of carbonyl (C=O) groups is 1. The molecule has 0 aliphatic carbocycles. The maximum absolute atomic E-state index is 12.1. The highest BCUT2D eigenvalue weighted by atomic mass is 16.1. The third-order valence-electron chi connectivity index (χ3n) is 4.51. The van der Waals surface area contributed by atoms with Gasteiger partial charge in [-0.1, -0.05) is 48.5 Å². The van der Waals surface area contributed by atoms with Crippen molar-refractivity contribution in [1.29, 1.82) is 0 Å². The molecular formula is C21H20N4O. The van der Waals surface area contributed by atoms with E-state index in [2.05, 4.69) is 38.6 Å². The smallest absolute Gasteiger partial charge is 0.229 e. The topological polar surface area (TPSA) is 58.1 Å². The molecule has 2 aromatic carbocycles. The number of amides is 1. The van der Waals surface area contributed by atoms with Gasteiger partial charge in [0, 0.05) is 12.2 Å². The van der Waals surface area contributed by atoms with Gasteiger partial charge in [0.15, 0.2) is 11.6 Å². The van der Waals surface area contributed by atoms with Crippen LogP contribution in [0.5, 0.6) is 0 Å². The van der Waals surface area contributed by atoms with E-state index in [9.17, 15) is 4.79 Å². The van der Waals surface area contributed by atoms with Crippen molar-refractivity contribution < 1.29 is 4.79 Å². The van der Waals surface area contributed by atoms with E-state index in [1.54, 1.807) is 0 Å². The molecule has 4 rings (SSSR count). The molecule has 0 radical (unpaired) electrons. The summed E-state index contributed by atoms with van der Waals surface area (Å²) in [6, 6.07) is 21.8. The second kappa shape index (κ2) is 7.35. The van der Waals surface area contributed by atoms with Gasteiger partial charge in [0.25, 0.3) is 0 Å². The lowest BCUT2D eigenvalue weighted by Crippen LogP contribution is -2.25.